The van der Waals surface area contributed by atoms with E-state index in [0.717, 1.165) is 0 Å². The first-order valence-electron chi connectivity index (χ1n) is 4.79. The monoisotopic (exact) mass is 322 g/mol. The van der Waals surface area contributed by atoms with E-state index in [1.54, 1.807) is 22.9 Å². The maximum atomic E-state index is 12.3. The minimum absolute atomic E-state index is 0.105. The molecule has 0 aromatic carbocycles. The van der Waals surface area contributed by atoms with Crippen LogP contribution >= 0.6 is 15.9 Å². The summed E-state index contributed by atoms with van der Waals surface area (Å²) < 4.78 is 48.6. The number of halogens is 5. The van der Waals surface area contributed by atoms with Crippen molar-refractivity contribution >= 4 is 21.9 Å². The zero-order valence-electron chi connectivity index (χ0n) is 9.57. The van der Waals surface area contributed by atoms with Crippen LogP contribution in [0.1, 0.15) is 33.1 Å². The highest BCUT2D eigenvalue weighted by Crippen LogP contribution is 2.42. The third-order valence-corrected chi connectivity index (χ3v) is 2.20. The average molecular weight is 323 g/mol. The molecule has 0 saturated heterocycles. The van der Waals surface area contributed by atoms with Gasteiger partial charge in [0.1, 0.15) is 0 Å². The molecule has 0 aliphatic heterocycles. The molecule has 17 heavy (non-hydrogen) atoms. The first kappa shape index (κ1) is 18.8. The van der Waals surface area contributed by atoms with Gasteiger partial charge in [-0.25, -0.2) is 4.79 Å². The number of aliphatic carboxylic acids is 1. The number of rotatable bonds is 5. The van der Waals surface area contributed by atoms with Gasteiger partial charge in [-0.15, -0.1) is 0 Å². The summed E-state index contributed by atoms with van der Waals surface area (Å²) in [5, 5.41) is 7.89. The standard InChI is InChI=1S/C6H9BrF4.C4H6O2/c1-2-3-4-5(8,9)6(7,10)11;1-3(2)4(5)6/h2-4H2,1H3;1H2,2H3,(H,5,6). The topological polar surface area (TPSA) is 37.3 Å². The van der Waals surface area contributed by atoms with Gasteiger partial charge in [0.2, 0.25) is 0 Å². The van der Waals surface area contributed by atoms with Crippen LogP contribution in [0, 0.1) is 0 Å². The highest BCUT2D eigenvalue weighted by Gasteiger charge is 2.53. The van der Waals surface area contributed by atoms with E-state index in [2.05, 4.69) is 6.58 Å². The van der Waals surface area contributed by atoms with Crippen LogP contribution in [0.25, 0.3) is 0 Å². The van der Waals surface area contributed by atoms with E-state index >= 15 is 0 Å². The van der Waals surface area contributed by atoms with E-state index in [4.69, 9.17) is 5.11 Å². The van der Waals surface area contributed by atoms with Crippen molar-refractivity contribution in [3.8, 4) is 0 Å². The number of carboxylic acids is 1. The van der Waals surface area contributed by atoms with Crippen molar-refractivity contribution in [3.63, 3.8) is 0 Å². The van der Waals surface area contributed by atoms with E-state index in [1.807, 2.05) is 0 Å². The van der Waals surface area contributed by atoms with E-state index in [9.17, 15) is 22.4 Å². The number of hydrogen-bond acceptors (Lipinski definition) is 1. The van der Waals surface area contributed by atoms with Crippen LogP contribution in [-0.4, -0.2) is 21.8 Å². The second kappa shape index (κ2) is 7.68. The maximum Gasteiger partial charge on any atom is 0.363 e. The van der Waals surface area contributed by atoms with E-state index < -0.39 is 23.1 Å². The minimum Gasteiger partial charge on any atom is -0.478 e. The largest absolute Gasteiger partial charge is 0.478 e. The highest BCUT2D eigenvalue weighted by atomic mass is 79.9. The Morgan fingerprint density at radius 2 is 1.71 bits per heavy atom. The van der Waals surface area contributed by atoms with Gasteiger partial charge >= 0.3 is 16.7 Å². The second-order valence-electron chi connectivity index (χ2n) is 3.39. The summed E-state index contributed by atoms with van der Waals surface area (Å²) in [5.41, 5.74) is 0.176. The number of carbonyl (C=O) groups is 1. The lowest BCUT2D eigenvalue weighted by molar-refractivity contribution is -0.151. The molecule has 0 heterocycles. The molecule has 0 aliphatic rings. The molecule has 0 bridgehead atoms. The van der Waals surface area contributed by atoms with Gasteiger partial charge in [-0.3, -0.25) is 0 Å². The summed E-state index contributed by atoms with van der Waals surface area (Å²) in [6, 6.07) is 0. The number of hydrogen-bond donors (Lipinski definition) is 1. The minimum atomic E-state index is -4.07. The lowest BCUT2D eigenvalue weighted by atomic mass is 10.1. The SMILES string of the molecule is C=C(C)C(=O)O.CCCCC(F)(F)C(F)(F)Br. The van der Waals surface area contributed by atoms with Crippen molar-refractivity contribution in [1.29, 1.82) is 0 Å². The van der Waals surface area contributed by atoms with Gasteiger partial charge in [0, 0.05) is 12.0 Å². The first-order valence-corrected chi connectivity index (χ1v) is 5.58. The summed E-state index contributed by atoms with van der Waals surface area (Å²) in [6.07, 6.45) is -0.186. The van der Waals surface area contributed by atoms with Crippen LogP contribution in [0.15, 0.2) is 12.2 Å². The van der Waals surface area contributed by atoms with Crippen LogP contribution in [0.5, 0.6) is 0 Å². The van der Waals surface area contributed by atoms with Crippen LogP contribution in [0.3, 0.4) is 0 Å². The van der Waals surface area contributed by atoms with Gasteiger partial charge < -0.3 is 5.11 Å². The highest BCUT2D eigenvalue weighted by molar-refractivity contribution is 9.10. The Morgan fingerprint density at radius 3 is 1.88 bits per heavy atom. The van der Waals surface area contributed by atoms with Crippen molar-refractivity contribution in [1.82, 2.24) is 0 Å². The van der Waals surface area contributed by atoms with Crippen molar-refractivity contribution in [2.24, 2.45) is 0 Å². The Bertz CT molecular complexity index is 250. The predicted molar refractivity (Wildman–Crippen MR) is 60.8 cm³/mol. The lowest BCUT2D eigenvalue weighted by Gasteiger charge is -2.20. The fourth-order valence-corrected chi connectivity index (χ4v) is 0.739. The molecular formula is C10H15BrF4O2. The van der Waals surface area contributed by atoms with Crippen molar-refractivity contribution in [2.75, 3.05) is 0 Å². The van der Waals surface area contributed by atoms with Crippen LogP contribution in [0.4, 0.5) is 17.6 Å². The second-order valence-corrected chi connectivity index (χ2v) is 4.39. The fraction of sp³-hybridized carbons (Fsp3) is 0.700. The molecule has 0 rings (SSSR count). The Labute approximate surface area is 106 Å². The molecule has 0 aromatic heterocycles. The summed E-state index contributed by atoms with van der Waals surface area (Å²) in [6.45, 7) is 6.27. The van der Waals surface area contributed by atoms with Gasteiger partial charge in [0.25, 0.3) is 0 Å². The summed E-state index contributed by atoms with van der Waals surface area (Å²) in [7, 11) is 0. The Kier molecular flexibility index (Phi) is 8.48. The van der Waals surface area contributed by atoms with Crippen LogP contribution in [0.2, 0.25) is 0 Å². The third kappa shape index (κ3) is 9.14. The van der Waals surface area contributed by atoms with E-state index in [1.165, 1.54) is 6.92 Å². The van der Waals surface area contributed by atoms with Gasteiger partial charge in [-0.05, 0) is 29.3 Å². The van der Waals surface area contributed by atoms with E-state index in [-0.39, 0.29) is 12.0 Å². The zero-order valence-corrected chi connectivity index (χ0v) is 11.2. The van der Waals surface area contributed by atoms with Crippen molar-refractivity contribution in [2.45, 2.75) is 43.9 Å². The zero-order chi connectivity index (χ0) is 14.3. The normalized spacial score (nSPS) is 11.5. The van der Waals surface area contributed by atoms with Crippen molar-refractivity contribution < 1.29 is 27.5 Å². The molecule has 0 radical (unpaired) electrons. The first-order chi connectivity index (χ1) is 7.45. The number of carboxylic acid groups (broad SMARTS) is 1. The fourth-order valence-electron chi connectivity index (χ4n) is 0.541. The molecule has 0 aliphatic carbocycles. The molecule has 0 saturated carbocycles. The predicted octanol–water partition coefficient (Wildman–Crippen LogP) is 4.45. The Balaban J connectivity index is 0. The molecule has 2 nitrogen and oxygen atoms in total. The lowest BCUT2D eigenvalue weighted by Crippen LogP contribution is -2.34. The molecule has 1 N–H and O–H groups in total. The molecule has 0 amide bonds. The summed E-state index contributed by atoms with van der Waals surface area (Å²) >= 11 is 1.65. The molecular weight excluding hydrogens is 308 g/mol. The van der Waals surface area contributed by atoms with Crippen molar-refractivity contribution in [3.05, 3.63) is 12.2 Å². The molecule has 0 unspecified atom stereocenters. The van der Waals surface area contributed by atoms with Gasteiger partial charge in [-0.1, -0.05) is 19.9 Å². The Morgan fingerprint density at radius 1 is 1.35 bits per heavy atom. The smallest absolute Gasteiger partial charge is 0.363 e. The summed E-state index contributed by atoms with van der Waals surface area (Å²) in [4.78, 5) is 5.53. The van der Waals surface area contributed by atoms with Gasteiger partial charge in [0.15, 0.2) is 0 Å². The van der Waals surface area contributed by atoms with Gasteiger partial charge in [0.05, 0.1) is 0 Å². The molecule has 7 heteroatoms. The Hall–Kier alpha value is -0.590. The van der Waals surface area contributed by atoms with Gasteiger partial charge in [-0.2, -0.15) is 17.6 Å². The maximum absolute atomic E-state index is 12.3. The molecule has 0 fully saturated rings. The molecule has 0 spiro atoms. The average Bonchev–Trinajstić information content (AvgIpc) is 2.13. The van der Waals surface area contributed by atoms with E-state index in [0.29, 0.717) is 6.42 Å². The van der Waals surface area contributed by atoms with Crippen LogP contribution in [-0.2, 0) is 4.79 Å². The molecule has 0 aromatic rings. The third-order valence-electron chi connectivity index (χ3n) is 1.62. The number of alkyl halides is 5. The molecule has 0 atom stereocenters. The number of unbranched alkanes of at least 4 members (excludes halogenated alkanes) is 1. The quantitative estimate of drug-likeness (QED) is 0.461. The van der Waals surface area contributed by atoms with Crippen LogP contribution < -0.4 is 0 Å². The molecule has 102 valence electrons. The summed E-state index contributed by atoms with van der Waals surface area (Å²) in [5.74, 6) is -4.86.